The molecule has 0 amide bonds. The van der Waals surface area contributed by atoms with Gasteiger partial charge in [-0.3, -0.25) is 0 Å². The van der Waals surface area contributed by atoms with E-state index in [0.717, 1.165) is 62.6 Å². The van der Waals surface area contributed by atoms with E-state index in [1.54, 1.807) is 4.57 Å². The first-order chi connectivity index (χ1) is 15.3. The summed E-state index contributed by atoms with van der Waals surface area (Å²) in [5.74, 6) is 0. The van der Waals surface area contributed by atoms with Crippen LogP contribution in [0.15, 0.2) is 48.5 Å². The number of hydrogen-bond donors (Lipinski definition) is 0. The van der Waals surface area contributed by atoms with Crippen LogP contribution in [-0.2, 0) is 9.47 Å². The highest BCUT2D eigenvalue weighted by Crippen LogP contribution is 2.36. The Morgan fingerprint density at radius 2 is 1.94 bits per heavy atom. The topological polar surface area (TPSA) is 58.3 Å². The van der Waals surface area contributed by atoms with Crippen LogP contribution >= 0.6 is 22.6 Å². The second kappa shape index (κ2) is 8.19. The van der Waals surface area contributed by atoms with Crippen molar-refractivity contribution >= 4 is 50.5 Å². The lowest BCUT2D eigenvalue weighted by Crippen LogP contribution is -2.27. The summed E-state index contributed by atoms with van der Waals surface area (Å²) in [6, 6.07) is 16.2. The molecule has 1 atom stereocenters. The summed E-state index contributed by atoms with van der Waals surface area (Å²) in [7, 11) is 0. The zero-order chi connectivity index (χ0) is 22.5. The number of benzene rings is 2. The normalized spacial score (nSPS) is 17.2. The van der Waals surface area contributed by atoms with Crippen molar-refractivity contribution < 1.29 is 14.3 Å². The van der Waals surface area contributed by atoms with Gasteiger partial charge in [0.2, 0.25) is 0 Å². The zero-order valence-electron chi connectivity index (χ0n) is 18.5. The van der Waals surface area contributed by atoms with E-state index >= 15 is 0 Å². The molecule has 5 rings (SSSR count). The standard InChI is InChI=1S/C25H26IN3O3/c1-25(2,3)32-24(30)28-19-9-5-4-8-16(19)14-21(28)23-18-15-17(26)11-12-20(18)29(27-23)22-10-6-7-13-31-22/h4-5,8-9,11-12,14-15,22H,6-7,10,13H2,1-3H3. The minimum Gasteiger partial charge on any atom is -0.443 e. The molecule has 0 bridgehead atoms. The van der Waals surface area contributed by atoms with Crippen LogP contribution in [-0.4, -0.2) is 32.6 Å². The summed E-state index contributed by atoms with van der Waals surface area (Å²) in [4.78, 5) is 13.3. The fourth-order valence-corrected chi connectivity index (χ4v) is 4.76. The second-order valence-electron chi connectivity index (χ2n) is 9.18. The average molecular weight is 543 g/mol. The van der Waals surface area contributed by atoms with Crippen molar-refractivity contribution in [2.24, 2.45) is 0 Å². The molecule has 1 aliphatic heterocycles. The van der Waals surface area contributed by atoms with Crippen molar-refractivity contribution in [1.82, 2.24) is 14.3 Å². The molecule has 1 fully saturated rings. The number of hydrogen-bond acceptors (Lipinski definition) is 4. The molecule has 0 aliphatic carbocycles. The second-order valence-corrected chi connectivity index (χ2v) is 10.4. The first-order valence-electron chi connectivity index (χ1n) is 11.0. The van der Waals surface area contributed by atoms with Gasteiger partial charge in [-0.1, -0.05) is 18.2 Å². The molecule has 0 N–H and O–H groups in total. The molecule has 166 valence electrons. The number of carbonyl (C=O) groups is 1. The predicted octanol–water partition coefficient (Wildman–Crippen LogP) is 6.74. The van der Waals surface area contributed by atoms with Crippen molar-refractivity contribution in [2.75, 3.05) is 6.61 Å². The Morgan fingerprint density at radius 3 is 2.69 bits per heavy atom. The number of para-hydroxylation sites is 1. The van der Waals surface area contributed by atoms with Gasteiger partial charge in [0.05, 0.1) is 16.7 Å². The van der Waals surface area contributed by atoms with E-state index in [1.807, 2.05) is 55.8 Å². The van der Waals surface area contributed by atoms with E-state index in [4.69, 9.17) is 14.6 Å². The summed E-state index contributed by atoms with van der Waals surface area (Å²) in [6.07, 6.45) is 2.62. The Bertz CT molecular complexity index is 1310. The third kappa shape index (κ3) is 3.92. The van der Waals surface area contributed by atoms with Crippen LogP contribution in [0.2, 0.25) is 0 Å². The van der Waals surface area contributed by atoms with Crippen molar-refractivity contribution in [1.29, 1.82) is 0 Å². The van der Waals surface area contributed by atoms with Crippen molar-refractivity contribution in [2.45, 2.75) is 51.9 Å². The molecule has 2 aromatic heterocycles. The summed E-state index contributed by atoms with van der Waals surface area (Å²) < 4.78 is 16.6. The largest absolute Gasteiger partial charge is 0.443 e. The Kier molecular flexibility index (Phi) is 5.49. The van der Waals surface area contributed by atoms with Gasteiger partial charge in [-0.25, -0.2) is 14.0 Å². The highest BCUT2D eigenvalue weighted by atomic mass is 127. The number of nitrogens with zero attached hydrogens (tertiary/aromatic N) is 3. The molecule has 1 unspecified atom stereocenters. The van der Waals surface area contributed by atoms with Crippen LogP contribution < -0.4 is 0 Å². The Morgan fingerprint density at radius 1 is 1.12 bits per heavy atom. The van der Waals surface area contributed by atoms with Crippen LogP contribution in [0.3, 0.4) is 0 Å². The number of aromatic nitrogens is 3. The Labute approximate surface area is 200 Å². The summed E-state index contributed by atoms with van der Waals surface area (Å²) in [5, 5.41) is 6.99. The monoisotopic (exact) mass is 543 g/mol. The van der Waals surface area contributed by atoms with Crippen molar-refractivity contribution in [3.05, 3.63) is 52.1 Å². The number of halogens is 1. The smallest absolute Gasteiger partial charge is 0.419 e. The first-order valence-corrected chi connectivity index (χ1v) is 12.0. The molecule has 2 aromatic carbocycles. The number of rotatable bonds is 2. The molecular formula is C25H26IN3O3. The maximum Gasteiger partial charge on any atom is 0.419 e. The lowest BCUT2D eigenvalue weighted by Gasteiger charge is -2.23. The summed E-state index contributed by atoms with van der Waals surface area (Å²) in [6.45, 7) is 6.37. The minimum atomic E-state index is -0.605. The van der Waals surface area contributed by atoms with Gasteiger partial charge in [0.25, 0.3) is 0 Å². The van der Waals surface area contributed by atoms with Gasteiger partial charge in [0.15, 0.2) is 6.23 Å². The van der Waals surface area contributed by atoms with Gasteiger partial charge in [0, 0.05) is 20.9 Å². The third-order valence-corrected chi connectivity index (χ3v) is 6.30. The molecule has 1 aliphatic rings. The van der Waals surface area contributed by atoms with Gasteiger partial charge in [0.1, 0.15) is 11.3 Å². The summed E-state index contributed by atoms with van der Waals surface area (Å²) in [5.41, 5.74) is 2.69. The lowest BCUT2D eigenvalue weighted by molar-refractivity contribution is -0.0365. The first kappa shape index (κ1) is 21.5. The molecule has 0 radical (unpaired) electrons. The van der Waals surface area contributed by atoms with Crippen molar-refractivity contribution in [3.8, 4) is 11.4 Å². The lowest BCUT2D eigenvalue weighted by atomic mass is 10.1. The minimum absolute atomic E-state index is 0.0978. The molecule has 6 nitrogen and oxygen atoms in total. The molecule has 3 heterocycles. The molecule has 1 saturated heterocycles. The van der Waals surface area contributed by atoms with E-state index in [1.165, 1.54) is 0 Å². The maximum atomic E-state index is 13.3. The molecule has 0 spiro atoms. The van der Waals surface area contributed by atoms with Crippen LogP contribution in [0, 0.1) is 3.57 Å². The number of fused-ring (bicyclic) bond motifs is 2. The van der Waals surface area contributed by atoms with Gasteiger partial charge in [-0.15, -0.1) is 0 Å². The van der Waals surface area contributed by atoms with E-state index < -0.39 is 11.7 Å². The summed E-state index contributed by atoms with van der Waals surface area (Å²) >= 11 is 2.32. The van der Waals surface area contributed by atoms with Crippen LogP contribution in [0.1, 0.15) is 46.3 Å². The molecule has 32 heavy (non-hydrogen) atoms. The molecule has 7 heteroatoms. The van der Waals surface area contributed by atoms with Crippen molar-refractivity contribution in [3.63, 3.8) is 0 Å². The van der Waals surface area contributed by atoms with E-state index in [0.29, 0.717) is 0 Å². The molecular weight excluding hydrogens is 517 g/mol. The van der Waals surface area contributed by atoms with Gasteiger partial charge in [-0.2, -0.15) is 5.10 Å². The van der Waals surface area contributed by atoms with Crippen LogP contribution in [0.25, 0.3) is 33.2 Å². The highest BCUT2D eigenvalue weighted by molar-refractivity contribution is 14.1. The maximum absolute atomic E-state index is 13.3. The average Bonchev–Trinajstić information content (AvgIpc) is 3.31. The van der Waals surface area contributed by atoms with Crippen LogP contribution in [0.4, 0.5) is 4.79 Å². The molecule has 4 aromatic rings. The SMILES string of the molecule is CC(C)(C)OC(=O)n1c(-c2nn(C3CCCCO3)c3ccc(I)cc23)cc2ccccc21. The zero-order valence-corrected chi connectivity index (χ0v) is 20.6. The van der Waals surface area contributed by atoms with Gasteiger partial charge >= 0.3 is 6.09 Å². The van der Waals surface area contributed by atoms with E-state index in [-0.39, 0.29) is 6.23 Å². The van der Waals surface area contributed by atoms with E-state index in [9.17, 15) is 4.79 Å². The fourth-order valence-electron chi connectivity index (χ4n) is 4.27. The number of ether oxygens (including phenoxy) is 2. The van der Waals surface area contributed by atoms with Gasteiger partial charge < -0.3 is 9.47 Å². The van der Waals surface area contributed by atoms with Gasteiger partial charge in [-0.05, 0) is 93.0 Å². The fraction of sp³-hybridized carbons (Fsp3) is 0.360. The van der Waals surface area contributed by atoms with Crippen LogP contribution in [0.5, 0.6) is 0 Å². The Hall–Kier alpha value is -2.39. The third-order valence-electron chi connectivity index (χ3n) is 5.63. The highest BCUT2D eigenvalue weighted by Gasteiger charge is 2.27. The quantitative estimate of drug-likeness (QED) is 0.263. The Balaban J connectivity index is 1.75. The predicted molar refractivity (Wildman–Crippen MR) is 134 cm³/mol. The van der Waals surface area contributed by atoms with E-state index in [2.05, 4.69) is 40.8 Å². The number of carbonyl (C=O) groups excluding carboxylic acids is 1. The molecule has 0 saturated carbocycles.